The third-order valence-electron chi connectivity index (χ3n) is 6.86. The van der Waals surface area contributed by atoms with Gasteiger partial charge in [-0.1, -0.05) is 24.3 Å². The van der Waals surface area contributed by atoms with E-state index in [1.54, 1.807) is 0 Å². The normalized spacial score (nSPS) is 24.6. The number of hydrogen-bond acceptors (Lipinski definition) is 4. The Bertz CT molecular complexity index is 857. The molecule has 1 aromatic carbocycles. The molecule has 29 heavy (non-hydrogen) atoms. The Hall–Kier alpha value is -1.98. The molecule has 2 saturated heterocycles. The number of carbonyl (C=O) groups excluding carboxylic acids is 1. The lowest BCUT2D eigenvalue weighted by Gasteiger charge is -2.42. The highest BCUT2D eigenvalue weighted by atomic mass is 16.2. The molecule has 5 rings (SSSR count). The van der Waals surface area contributed by atoms with E-state index in [-0.39, 0.29) is 5.92 Å². The lowest BCUT2D eigenvalue weighted by Crippen LogP contribution is -2.50. The van der Waals surface area contributed by atoms with Crippen LogP contribution in [0.5, 0.6) is 0 Å². The highest BCUT2D eigenvalue weighted by molar-refractivity contribution is 5.79. The van der Waals surface area contributed by atoms with Gasteiger partial charge in [0.1, 0.15) is 0 Å². The minimum atomic E-state index is 0.198. The van der Waals surface area contributed by atoms with Crippen molar-refractivity contribution in [2.24, 2.45) is 5.92 Å². The smallest absolute Gasteiger partial charge is 0.224 e. The quantitative estimate of drug-likeness (QED) is 0.849. The lowest BCUT2D eigenvalue weighted by atomic mass is 9.93. The zero-order valence-corrected chi connectivity index (χ0v) is 17.2. The van der Waals surface area contributed by atoms with Crippen LogP contribution in [0.3, 0.4) is 0 Å². The molecule has 5 nitrogen and oxygen atoms in total. The van der Waals surface area contributed by atoms with Crippen molar-refractivity contribution in [3.8, 4) is 0 Å². The molecular formula is C24H32N4O. The first-order chi connectivity index (χ1) is 14.2. The molecule has 3 fully saturated rings. The molecular weight excluding hydrogens is 360 g/mol. The van der Waals surface area contributed by atoms with Gasteiger partial charge in [0, 0.05) is 43.6 Å². The van der Waals surface area contributed by atoms with E-state index in [0.717, 1.165) is 56.8 Å². The van der Waals surface area contributed by atoms with Gasteiger partial charge in [-0.25, -0.2) is 0 Å². The summed E-state index contributed by atoms with van der Waals surface area (Å²) < 4.78 is 0. The van der Waals surface area contributed by atoms with Crippen LogP contribution in [0.15, 0.2) is 36.4 Å². The minimum Gasteiger partial charge on any atom is -0.353 e. The van der Waals surface area contributed by atoms with Crippen LogP contribution in [0, 0.1) is 5.92 Å². The standard InChI is InChI=1S/C24H32N4O/c29-24(26-20-9-10-20)19-5-3-13-28(16-19)22-11-14-27(15-12-22)17-21-8-7-18-4-1-2-6-23(18)25-21/h1-2,4,6-8,19-20,22H,3,5,9-17H2,(H,26,29)/t19-/m1/s1. The third kappa shape index (κ3) is 4.62. The third-order valence-corrected chi connectivity index (χ3v) is 6.86. The topological polar surface area (TPSA) is 48.5 Å². The van der Waals surface area contributed by atoms with Crippen LogP contribution in [-0.4, -0.2) is 59.0 Å². The van der Waals surface area contributed by atoms with E-state index in [1.807, 2.05) is 0 Å². The number of pyridine rings is 1. The van der Waals surface area contributed by atoms with Crippen LogP contribution in [0.25, 0.3) is 10.9 Å². The van der Waals surface area contributed by atoms with Gasteiger partial charge in [0.2, 0.25) is 5.91 Å². The van der Waals surface area contributed by atoms with Gasteiger partial charge in [-0.05, 0) is 57.2 Å². The molecule has 0 spiro atoms. The zero-order valence-electron chi connectivity index (χ0n) is 17.2. The summed E-state index contributed by atoms with van der Waals surface area (Å²) in [4.78, 5) is 22.5. The maximum Gasteiger partial charge on any atom is 0.224 e. The molecule has 1 amide bonds. The Kier molecular flexibility index (Phi) is 5.51. The van der Waals surface area contributed by atoms with E-state index in [0.29, 0.717) is 18.0 Å². The summed E-state index contributed by atoms with van der Waals surface area (Å²) in [5.74, 6) is 0.501. The van der Waals surface area contributed by atoms with Crippen molar-refractivity contribution in [3.63, 3.8) is 0 Å². The van der Waals surface area contributed by atoms with Crippen LogP contribution < -0.4 is 5.32 Å². The maximum atomic E-state index is 12.5. The Morgan fingerprint density at radius 2 is 1.83 bits per heavy atom. The van der Waals surface area contributed by atoms with Crippen LogP contribution >= 0.6 is 0 Å². The molecule has 1 saturated carbocycles. The molecule has 1 aliphatic carbocycles. The summed E-state index contributed by atoms with van der Waals surface area (Å²) in [6, 6.07) is 13.8. The fourth-order valence-electron chi connectivity index (χ4n) is 4.97. The first-order valence-corrected chi connectivity index (χ1v) is 11.4. The first kappa shape index (κ1) is 19.0. The summed E-state index contributed by atoms with van der Waals surface area (Å²) >= 11 is 0. The van der Waals surface area contributed by atoms with Crippen molar-refractivity contribution in [1.82, 2.24) is 20.1 Å². The van der Waals surface area contributed by atoms with Crippen LogP contribution in [0.2, 0.25) is 0 Å². The van der Waals surface area contributed by atoms with Gasteiger partial charge in [-0.3, -0.25) is 19.6 Å². The number of para-hydroxylation sites is 1. The van der Waals surface area contributed by atoms with Crippen LogP contribution in [0.4, 0.5) is 0 Å². The van der Waals surface area contributed by atoms with Gasteiger partial charge in [0.05, 0.1) is 17.1 Å². The second kappa shape index (κ2) is 8.41. The number of amides is 1. The number of hydrogen-bond donors (Lipinski definition) is 1. The van der Waals surface area contributed by atoms with Gasteiger partial charge in [0.25, 0.3) is 0 Å². The maximum absolute atomic E-state index is 12.5. The van der Waals surface area contributed by atoms with Crippen molar-refractivity contribution in [1.29, 1.82) is 0 Å². The number of fused-ring (bicyclic) bond motifs is 1. The number of benzene rings is 1. The molecule has 154 valence electrons. The molecule has 0 unspecified atom stereocenters. The number of nitrogens with zero attached hydrogens (tertiary/aromatic N) is 3. The van der Waals surface area contributed by atoms with Gasteiger partial charge >= 0.3 is 0 Å². The molecule has 1 atom stereocenters. The number of aromatic nitrogens is 1. The largest absolute Gasteiger partial charge is 0.353 e. The lowest BCUT2D eigenvalue weighted by molar-refractivity contribution is -0.127. The predicted octanol–water partition coefficient (Wildman–Crippen LogP) is 3.19. The number of nitrogens with one attached hydrogen (secondary N) is 1. The Labute approximate surface area is 173 Å². The average molecular weight is 393 g/mol. The van der Waals surface area contributed by atoms with E-state index in [2.05, 4.69) is 51.5 Å². The average Bonchev–Trinajstić information content (AvgIpc) is 3.58. The number of likely N-dealkylation sites (tertiary alicyclic amines) is 2. The van der Waals surface area contributed by atoms with Gasteiger partial charge in [-0.15, -0.1) is 0 Å². The SMILES string of the molecule is O=C(NC1CC1)[C@@H]1CCCN(C2CCN(Cc3ccc4ccccc4n3)CC2)C1. The highest BCUT2D eigenvalue weighted by Crippen LogP contribution is 2.26. The number of rotatable bonds is 5. The van der Waals surface area contributed by atoms with Gasteiger partial charge in [0.15, 0.2) is 0 Å². The number of carbonyl (C=O) groups is 1. The van der Waals surface area contributed by atoms with Crippen molar-refractivity contribution >= 4 is 16.8 Å². The molecule has 0 radical (unpaired) electrons. The summed E-state index contributed by atoms with van der Waals surface area (Å²) in [5.41, 5.74) is 2.25. The summed E-state index contributed by atoms with van der Waals surface area (Å²) in [7, 11) is 0. The van der Waals surface area contributed by atoms with Gasteiger partial charge in [-0.2, -0.15) is 0 Å². The molecule has 1 aromatic heterocycles. The fourth-order valence-corrected chi connectivity index (χ4v) is 4.97. The Morgan fingerprint density at radius 3 is 2.66 bits per heavy atom. The summed E-state index contributed by atoms with van der Waals surface area (Å²) in [6.45, 7) is 5.28. The van der Waals surface area contributed by atoms with E-state index in [1.165, 1.54) is 31.1 Å². The molecule has 2 aromatic rings. The molecule has 2 aliphatic heterocycles. The van der Waals surface area contributed by atoms with Crippen LogP contribution in [0.1, 0.15) is 44.2 Å². The summed E-state index contributed by atoms with van der Waals surface area (Å²) in [6.07, 6.45) is 6.96. The Balaban J connectivity index is 1.13. The van der Waals surface area contributed by atoms with E-state index >= 15 is 0 Å². The van der Waals surface area contributed by atoms with Crippen molar-refractivity contribution in [2.75, 3.05) is 26.2 Å². The molecule has 3 aliphatic rings. The van der Waals surface area contributed by atoms with E-state index < -0.39 is 0 Å². The zero-order chi connectivity index (χ0) is 19.6. The molecule has 5 heteroatoms. The van der Waals surface area contributed by atoms with Crippen molar-refractivity contribution < 1.29 is 4.79 Å². The molecule has 3 heterocycles. The van der Waals surface area contributed by atoms with Gasteiger partial charge < -0.3 is 5.32 Å². The highest BCUT2D eigenvalue weighted by Gasteiger charge is 2.33. The predicted molar refractivity (Wildman–Crippen MR) is 116 cm³/mol. The Morgan fingerprint density at radius 1 is 1.00 bits per heavy atom. The fraction of sp³-hybridized carbons (Fsp3) is 0.583. The summed E-state index contributed by atoms with van der Waals surface area (Å²) in [5, 5.41) is 4.42. The first-order valence-electron chi connectivity index (χ1n) is 11.4. The second-order valence-corrected chi connectivity index (χ2v) is 9.12. The number of piperidine rings is 2. The van der Waals surface area contributed by atoms with Crippen molar-refractivity contribution in [3.05, 3.63) is 42.1 Å². The van der Waals surface area contributed by atoms with E-state index in [9.17, 15) is 4.79 Å². The van der Waals surface area contributed by atoms with Crippen LogP contribution in [-0.2, 0) is 11.3 Å². The van der Waals surface area contributed by atoms with E-state index in [4.69, 9.17) is 4.98 Å². The van der Waals surface area contributed by atoms with Crippen molar-refractivity contribution in [2.45, 2.75) is 57.2 Å². The molecule has 1 N–H and O–H groups in total. The monoisotopic (exact) mass is 392 g/mol. The second-order valence-electron chi connectivity index (χ2n) is 9.12. The molecule has 0 bridgehead atoms. The minimum absolute atomic E-state index is 0.198.